The van der Waals surface area contributed by atoms with Crippen LogP contribution in [0.2, 0.25) is 0 Å². The molecule has 1 aromatic rings. The molecule has 4 heterocycles. The summed E-state index contributed by atoms with van der Waals surface area (Å²) in [6, 6.07) is 0.293. The number of hydrogen-bond donors (Lipinski definition) is 1. The molecule has 3 aliphatic heterocycles. The first-order valence-electron chi connectivity index (χ1n) is 7.95. The molecular formula is C15H21N5O2. The van der Waals surface area contributed by atoms with Crippen LogP contribution in [0.4, 0.5) is 5.69 Å². The molecule has 1 aromatic heterocycles. The number of carbonyl (C=O) groups is 2. The lowest BCUT2D eigenvalue weighted by atomic mass is 10.0. The number of fused-ring (bicyclic) bond motifs is 1. The highest BCUT2D eigenvalue weighted by Crippen LogP contribution is 2.30. The van der Waals surface area contributed by atoms with Crippen LogP contribution in [-0.4, -0.2) is 71.1 Å². The maximum Gasteiger partial charge on any atom is 0.232 e. The van der Waals surface area contributed by atoms with Gasteiger partial charge in [-0.3, -0.25) is 14.7 Å². The van der Waals surface area contributed by atoms with Gasteiger partial charge in [0.2, 0.25) is 11.8 Å². The second-order valence-electron chi connectivity index (χ2n) is 6.65. The van der Waals surface area contributed by atoms with E-state index in [1.165, 1.54) is 0 Å². The van der Waals surface area contributed by atoms with Crippen LogP contribution in [0.15, 0.2) is 6.20 Å². The number of aromatic nitrogens is 2. The van der Waals surface area contributed by atoms with Crippen molar-refractivity contribution < 1.29 is 9.59 Å². The molecule has 1 N–H and O–H groups in total. The minimum absolute atomic E-state index is 0.0749. The first kappa shape index (κ1) is 13.8. The number of aromatic amines is 1. The quantitative estimate of drug-likeness (QED) is 0.825. The molecule has 2 saturated heterocycles. The Kier molecular flexibility index (Phi) is 3.18. The van der Waals surface area contributed by atoms with Gasteiger partial charge in [-0.25, -0.2) is 0 Å². The van der Waals surface area contributed by atoms with Gasteiger partial charge in [-0.15, -0.1) is 0 Å². The normalized spacial score (nSPS) is 26.2. The molecule has 3 aliphatic rings. The first-order valence-corrected chi connectivity index (χ1v) is 7.95. The zero-order valence-corrected chi connectivity index (χ0v) is 12.8. The molecule has 7 nitrogen and oxygen atoms in total. The van der Waals surface area contributed by atoms with Crippen molar-refractivity contribution >= 4 is 17.5 Å². The van der Waals surface area contributed by atoms with E-state index in [4.69, 9.17) is 0 Å². The van der Waals surface area contributed by atoms with E-state index in [0.29, 0.717) is 19.0 Å². The number of hydrogen-bond acceptors (Lipinski definition) is 4. The van der Waals surface area contributed by atoms with E-state index in [2.05, 4.69) is 15.1 Å². The van der Waals surface area contributed by atoms with Crippen molar-refractivity contribution in [3.63, 3.8) is 0 Å². The molecule has 0 radical (unpaired) electrons. The standard InChI is InChI=1S/C15H21N5O2/c1-18-8-11(9-18)20-7-10(5-14(20)21)15(22)19-4-2-3-12-13(19)6-16-17-12/h6,10-11H,2-5,7-9H2,1H3,(H,16,17). The lowest BCUT2D eigenvalue weighted by Gasteiger charge is -2.42. The van der Waals surface area contributed by atoms with Gasteiger partial charge in [0.25, 0.3) is 0 Å². The lowest BCUT2D eigenvalue weighted by Crippen LogP contribution is -2.58. The third-order valence-electron chi connectivity index (χ3n) is 5.05. The van der Waals surface area contributed by atoms with Gasteiger partial charge in [0.15, 0.2) is 0 Å². The Hall–Kier alpha value is -1.89. The van der Waals surface area contributed by atoms with Gasteiger partial charge in [0, 0.05) is 32.6 Å². The van der Waals surface area contributed by atoms with E-state index in [1.807, 2.05) is 16.8 Å². The molecule has 2 fully saturated rings. The number of aryl methyl sites for hydroxylation is 1. The van der Waals surface area contributed by atoms with Crippen LogP contribution >= 0.6 is 0 Å². The van der Waals surface area contributed by atoms with Crippen molar-refractivity contribution in [3.8, 4) is 0 Å². The van der Waals surface area contributed by atoms with Crippen molar-refractivity contribution in [2.45, 2.75) is 25.3 Å². The fourth-order valence-electron chi connectivity index (χ4n) is 3.82. The Labute approximate surface area is 129 Å². The Morgan fingerprint density at radius 1 is 1.36 bits per heavy atom. The molecule has 2 amide bonds. The van der Waals surface area contributed by atoms with E-state index >= 15 is 0 Å². The number of anilines is 1. The number of nitrogens with zero attached hydrogens (tertiary/aromatic N) is 4. The summed E-state index contributed by atoms with van der Waals surface area (Å²) in [5.41, 5.74) is 1.92. The average molecular weight is 303 g/mol. The molecule has 22 heavy (non-hydrogen) atoms. The number of nitrogens with one attached hydrogen (secondary N) is 1. The van der Waals surface area contributed by atoms with Crippen LogP contribution in [0.3, 0.4) is 0 Å². The van der Waals surface area contributed by atoms with Crippen molar-refractivity contribution in [2.75, 3.05) is 38.1 Å². The number of amides is 2. The Bertz CT molecular complexity index is 607. The number of likely N-dealkylation sites (N-methyl/N-ethyl adjacent to an activating group) is 1. The van der Waals surface area contributed by atoms with E-state index in [1.54, 1.807) is 6.20 Å². The molecule has 0 spiro atoms. The molecular weight excluding hydrogens is 282 g/mol. The predicted octanol–water partition coefficient (Wildman–Crippen LogP) is -0.149. The number of rotatable bonds is 2. The topological polar surface area (TPSA) is 72.5 Å². The first-order chi connectivity index (χ1) is 10.6. The number of likely N-dealkylation sites (tertiary alicyclic amines) is 2. The molecule has 7 heteroatoms. The van der Waals surface area contributed by atoms with Gasteiger partial charge in [-0.2, -0.15) is 5.10 Å². The van der Waals surface area contributed by atoms with Crippen molar-refractivity contribution in [1.29, 1.82) is 0 Å². The van der Waals surface area contributed by atoms with Crippen LogP contribution in [0.1, 0.15) is 18.5 Å². The highest BCUT2D eigenvalue weighted by atomic mass is 16.2. The summed E-state index contributed by atoms with van der Waals surface area (Å²) in [7, 11) is 2.05. The van der Waals surface area contributed by atoms with Crippen molar-refractivity contribution in [1.82, 2.24) is 20.0 Å². The van der Waals surface area contributed by atoms with E-state index < -0.39 is 0 Å². The molecule has 0 aromatic carbocycles. The summed E-state index contributed by atoms with van der Waals surface area (Å²) in [6.45, 7) is 3.13. The molecule has 1 atom stereocenters. The largest absolute Gasteiger partial charge is 0.336 e. The van der Waals surface area contributed by atoms with Gasteiger partial charge in [-0.05, 0) is 19.9 Å². The maximum absolute atomic E-state index is 12.8. The fourth-order valence-corrected chi connectivity index (χ4v) is 3.82. The molecule has 1 unspecified atom stereocenters. The number of carbonyl (C=O) groups excluding carboxylic acids is 2. The third kappa shape index (κ3) is 2.11. The lowest BCUT2D eigenvalue weighted by molar-refractivity contribution is -0.132. The predicted molar refractivity (Wildman–Crippen MR) is 80.4 cm³/mol. The van der Waals surface area contributed by atoms with E-state index in [-0.39, 0.29) is 17.7 Å². The molecule has 0 aliphatic carbocycles. The summed E-state index contributed by atoms with van der Waals surface area (Å²) in [5.74, 6) is -0.00832. The van der Waals surface area contributed by atoms with Crippen LogP contribution < -0.4 is 4.90 Å². The zero-order chi connectivity index (χ0) is 15.3. The average Bonchev–Trinajstić information content (AvgIpc) is 3.09. The SMILES string of the molecule is CN1CC(N2CC(C(=O)N3CCCc4[nH]ncc43)CC2=O)C1. The van der Waals surface area contributed by atoms with Crippen molar-refractivity contribution in [3.05, 3.63) is 11.9 Å². The van der Waals surface area contributed by atoms with Crippen LogP contribution in [0, 0.1) is 5.92 Å². The molecule has 0 bridgehead atoms. The van der Waals surface area contributed by atoms with E-state index in [9.17, 15) is 9.59 Å². The number of H-pyrrole nitrogens is 1. The van der Waals surface area contributed by atoms with Crippen molar-refractivity contribution in [2.24, 2.45) is 5.92 Å². The minimum atomic E-state index is -0.209. The maximum atomic E-state index is 12.8. The summed E-state index contributed by atoms with van der Waals surface area (Å²) < 4.78 is 0. The zero-order valence-electron chi connectivity index (χ0n) is 12.8. The van der Waals surface area contributed by atoms with Crippen LogP contribution in [-0.2, 0) is 16.0 Å². The summed E-state index contributed by atoms with van der Waals surface area (Å²) in [4.78, 5) is 31.0. The van der Waals surface area contributed by atoms with Gasteiger partial charge in [-0.1, -0.05) is 0 Å². The summed E-state index contributed by atoms with van der Waals surface area (Å²) in [5, 5.41) is 7.02. The highest BCUT2D eigenvalue weighted by Gasteiger charge is 2.43. The Balaban J connectivity index is 1.47. The third-order valence-corrected chi connectivity index (χ3v) is 5.05. The highest BCUT2D eigenvalue weighted by molar-refractivity contribution is 5.99. The van der Waals surface area contributed by atoms with Gasteiger partial charge in [0.05, 0.1) is 29.5 Å². The van der Waals surface area contributed by atoms with Gasteiger partial charge < -0.3 is 14.7 Å². The summed E-state index contributed by atoms with van der Waals surface area (Å²) >= 11 is 0. The molecule has 0 saturated carbocycles. The Morgan fingerprint density at radius 3 is 2.95 bits per heavy atom. The fraction of sp³-hybridized carbons (Fsp3) is 0.667. The molecule has 4 rings (SSSR count). The van der Waals surface area contributed by atoms with E-state index in [0.717, 1.165) is 43.9 Å². The summed E-state index contributed by atoms with van der Waals surface area (Å²) in [6.07, 6.45) is 3.95. The van der Waals surface area contributed by atoms with Gasteiger partial charge in [0.1, 0.15) is 0 Å². The minimum Gasteiger partial charge on any atom is -0.336 e. The second kappa shape index (κ2) is 5.08. The van der Waals surface area contributed by atoms with Crippen LogP contribution in [0.5, 0.6) is 0 Å². The molecule has 118 valence electrons. The van der Waals surface area contributed by atoms with Crippen LogP contribution in [0.25, 0.3) is 0 Å². The second-order valence-corrected chi connectivity index (χ2v) is 6.65. The Morgan fingerprint density at radius 2 is 2.18 bits per heavy atom. The smallest absolute Gasteiger partial charge is 0.232 e. The monoisotopic (exact) mass is 303 g/mol. The van der Waals surface area contributed by atoms with Gasteiger partial charge >= 0.3 is 0 Å².